The van der Waals surface area contributed by atoms with E-state index >= 15 is 0 Å². The van der Waals surface area contributed by atoms with Gasteiger partial charge in [0, 0.05) is 0 Å². The summed E-state index contributed by atoms with van der Waals surface area (Å²) in [6.07, 6.45) is 7.22. The molecule has 7 heteroatoms. The van der Waals surface area contributed by atoms with Gasteiger partial charge in [0.05, 0.1) is 0 Å². The van der Waals surface area contributed by atoms with E-state index in [9.17, 15) is 0 Å². The van der Waals surface area contributed by atoms with Crippen molar-refractivity contribution in [1.82, 2.24) is 24.3 Å². The summed E-state index contributed by atoms with van der Waals surface area (Å²) in [5.41, 5.74) is 3.04. The molecule has 0 spiro atoms. The fourth-order valence-electron chi connectivity index (χ4n) is 5.65. The van der Waals surface area contributed by atoms with Crippen LogP contribution in [0.15, 0.2) is 122 Å². The standard InChI is InChI=1S/C32H20N5PSe/c39-38(22-13-15-33-16-14-22,24-10-9-21-19-34-20-35-29(21)18-24)23-11-12-26-27(17-23)25-5-1-3-7-30(25)37-31-8-4-2-6-28(31)36-32(26)37/h1-20H. The van der Waals surface area contributed by atoms with Crippen molar-refractivity contribution in [2.45, 2.75) is 0 Å². The van der Waals surface area contributed by atoms with Crippen molar-refractivity contribution >= 4 is 85.8 Å². The van der Waals surface area contributed by atoms with Gasteiger partial charge in [-0.3, -0.25) is 0 Å². The van der Waals surface area contributed by atoms with Crippen LogP contribution in [-0.4, -0.2) is 39.4 Å². The van der Waals surface area contributed by atoms with E-state index in [0.717, 1.165) is 38.5 Å². The first kappa shape index (κ1) is 22.7. The van der Waals surface area contributed by atoms with Gasteiger partial charge in [-0.25, -0.2) is 0 Å². The number of hydrogen-bond donors (Lipinski definition) is 0. The second-order valence-electron chi connectivity index (χ2n) is 9.59. The van der Waals surface area contributed by atoms with Crippen molar-refractivity contribution in [1.29, 1.82) is 0 Å². The van der Waals surface area contributed by atoms with E-state index in [1.165, 1.54) is 26.7 Å². The van der Waals surface area contributed by atoms with E-state index in [2.05, 4.69) is 125 Å². The zero-order valence-corrected chi connectivity index (χ0v) is 23.2. The van der Waals surface area contributed by atoms with Crippen LogP contribution in [0, 0.1) is 0 Å². The molecule has 4 aromatic carbocycles. The molecule has 0 aliphatic rings. The molecule has 8 aromatic rings. The summed E-state index contributed by atoms with van der Waals surface area (Å²) < 4.78 is 2.29. The van der Waals surface area contributed by atoms with Crippen molar-refractivity contribution < 1.29 is 0 Å². The molecule has 0 N–H and O–H groups in total. The number of benzene rings is 4. The summed E-state index contributed by atoms with van der Waals surface area (Å²) in [7, 11) is 0. The molecule has 0 amide bonds. The Balaban J connectivity index is 1.48. The van der Waals surface area contributed by atoms with Crippen LogP contribution < -0.4 is 15.9 Å². The number of hydrogen-bond acceptors (Lipinski definition) is 4. The van der Waals surface area contributed by atoms with Gasteiger partial charge in [0.15, 0.2) is 0 Å². The van der Waals surface area contributed by atoms with E-state index in [1.807, 2.05) is 24.7 Å². The normalized spacial score (nSPS) is 13.4. The van der Waals surface area contributed by atoms with Gasteiger partial charge in [-0.1, -0.05) is 0 Å². The Morgan fingerprint density at radius 2 is 1.38 bits per heavy atom. The van der Waals surface area contributed by atoms with Crippen molar-refractivity contribution in [3.63, 3.8) is 0 Å². The van der Waals surface area contributed by atoms with Crippen LogP contribution in [0.1, 0.15) is 0 Å². The quantitative estimate of drug-likeness (QED) is 0.156. The number of pyridine rings is 2. The Labute approximate surface area is 231 Å². The van der Waals surface area contributed by atoms with Gasteiger partial charge in [-0.2, -0.15) is 0 Å². The third-order valence-corrected chi connectivity index (χ3v) is 14.5. The number of para-hydroxylation sites is 3. The molecule has 1 atom stereocenters. The predicted octanol–water partition coefficient (Wildman–Crippen LogP) is 5.51. The van der Waals surface area contributed by atoms with Crippen LogP contribution >= 0.6 is 5.51 Å². The summed E-state index contributed by atoms with van der Waals surface area (Å²) in [5, 5.41) is 8.26. The first-order valence-electron chi connectivity index (χ1n) is 12.6. The molecule has 184 valence electrons. The second-order valence-corrected chi connectivity index (χ2v) is 15.8. The number of fused-ring (bicyclic) bond motifs is 9. The molecule has 4 aromatic heterocycles. The maximum absolute atomic E-state index is 5.08. The van der Waals surface area contributed by atoms with E-state index in [1.54, 1.807) is 6.33 Å². The second kappa shape index (κ2) is 8.65. The molecular weight excluding hydrogens is 564 g/mol. The van der Waals surface area contributed by atoms with Crippen molar-refractivity contribution in [2.75, 3.05) is 0 Å². The summed E-state index contributed by atoms with van der Waals surface area (Å²) in [6.45, 7) is 0. The van der Waals surface area contributed by atoms with E-state index in [4.69, 9.17) is 4.98 Å². The average molecular weight is 584 g/mol. The number of nitrogens with zero attached hydrogens (tertiary/aromatic N) is 5. The average Bonchev–Trinajstić information content (AvgIpc) is 3.41. The van der Waals surface area contributed by atoms with Crippen LogP contribution in [-0.2, 0) is 0 Å². The van der Waals surface area contributed by atoms with Gasteiger partial charge in [-0.05, 0) is 0 Å². The Kier molecular flexibility index (Phi) is 5.05. The molecule has 0 radical (unpaired) electrons. The van der Waals surface area contributed by atoms with E-state index in [-0.39, 0.29) is 0 Å². The van der Waals surface area contributed by atoms with Gasteiger partial charge < -0.3 is 0 Å². The van der Waals surface area contributed by atoms with Gasteiger partial charge >= 0.3 is 232 Å². The predicted molar refractivity (Wildman–Crippen MR) is 163 cm³/mol. The Morgan fingerprint density at radius 1 is 0.615 bits per heavy atom. The third kappa shape index (κ3) is 3.36. The molecule has 1 unspecified atom stereocenters. The molecular formula is C32H20N5PSe. The van der Waals surface area contributed by atoms with Crippen LogP contribution in [0.2, 0.25) is 0 Å². The number of aromatic nitrogens is 5. The molecule has 4 heterocycles. The Bertz CT molecular complexity index is 2280. The Hall–Kier alpha value is -4.21. The van der Waals surface area contributed by atoms with Crippen LogP contribution in [0.4, 0.5) is 0 Å². The first-order chi connectivity index (χ1) is 19.2. The monoisotopic (exact) mass is 585 g/mol. The number of imidazole rings is 1. The molecule has 5 nitrogen and oxygen atoms in total. The summed E-state index contributed by atoms with van der Waals surface area (Å²) in [5.74, 6) is 0. The summed E-state index contributed by atoms with van der Waals surface area (Å²) in [4.78, 5) is 18.1. The zero-order chi connectivity index (χ0) is 26.0. The minimum absolute atomic E-state index is 0.938. The molecule has 0 fully saturated rings. The van der Waals surface area contributed by atoms with Gasteiger partial charge in [0.1, 0.15) is 0 Å². The van der Waals surface area contributed by atoms with Crippen molar-refractivity contribution in [3.8, 4) is 0 Å². The molecule has 0 saturated heterocycles. The van der Waals surface area contributed by atoms with Gasteiger partial charge in [0.25, 0.3) is 0 Å². The SMILES string of the molecule is [Se]=P(c1ccncc1)(c1ccc2cncnc2c1)c1ccc2c(c1)c1ccccc1n1c3ccccc3nc21. The minimum atomic E-state index is -2.15. The molecule has 8 rings (SSSR count). The van der Waals surface area contributed by atoms with Crippen molar-refractivity contribution in [3.05, 3.63) is 122 Å². The van der Waals surface area contributed by atoms with E-state index in [0.29, 0.717) is 0 Å². The van der Waals surface area contributed by atoms with Crippen LogP contribution in [0.3, 0.4) is 0 Å². The summed E-state index contributed by atoms with van der Waals surface area (Å²) >= 11 is 3.69. The topological polar surface area (TPSA) is 56.0 Å². The Morgan fingerprint density at radius 3 is 2.28 bits per heavy atom. The first-order valence-corrected chi connectivity index (χ1v) is 16.7. The van der Waals surface area contributed by atoms with Crippen LogP contribution in [0.25, 0.3) is 49.3 Å². The molecule has 0 aliphatic heterocycles. The van der Waals surface area contributed by atoms with Crippen LogP contribution in [0.5, 0.6) is 0 Å². The molecule has 0 bridgehead atoms. The summed E-state index contributed by atoms with van der Waals surface area (Å²) in [6, 6.07) is 34.6. The molecule has 39 heavy (non-hydrogen) atoms. The van der Waals surface area contributed by atoms with E-state index < -0.39 is 5.51 Å². The van der Waals surface area contributed by atoms with Crippen molar-refractivity contribution in [2.24, 2.45) is 0 Å². The fourth-order valence-corrected chi connectivity index (χ4v) is 10.5. The molecule has 0 saturated carbocycles. The third-order valence-electron chi connectivity index (χ3n) is 7.48. The van der Waals surface area contributed by atoms with Gasteiger partial charge in [-0.15, -0.1) is 0 Å². The number of rotatable bonds is 3. The fraction of sp³-hybridized carbons (Fsp3) is 0. The van der Waals surface area contributed by atoms with Gasteiger partial charge in [0.2, 0.25) is 0 Å². The zero-order valence-electron chi connectivity index (χ0n) is 20.6. The molecule has 0 aliphatic carbocycles. The maximum atomic E-state index is 5.08.